The highest BCUT2D eigenvalue weighted by molar-refractivity contribution is 5.89. The van der Waals surface area contributed by atoms with E-state index in [1.807, 2.05) is 24.3 Å². The number of urea groups is 2. The normalized spacial score (nSPS) is 15.6. The molecule has 4 amide bonds. The van der Waals surface area contributed by atoms with Crippen molar-refractivity contribution >= 4 is 17.7 Å². The van der Waals surface area contributed by atoms with E-state index in [4.69, 9.17) is 0 Å². The highest BCUT2D eigenvalue weighted by Gasteiger charge is 2.25. The highest BCUT2D eigenvalue weighted by Crippen LogP contribution is 2.21. The third-order valence-corrected chi connectivity index (χ3v) is 4.82. The summed E-state index contributed by atoms with van der Waals surface area (Å²) in [4.78, 5) is 23.7. The second-order valence-corrected chi connectivity index (χ2v) is 7.16. The molecule has 152 valence electrons. The van der Waals surface area contributed by atoms with Crippen LogP contribution in [0.1, 0.15) is 29.2 Å². The third-order valence-electron chi connectivity index (χ3n) is 4.82. The molecule has 29 heavy (non-hydrogen) atoms. The molecule has 6 nitrogen and oxygen atoms in total. The molecule has 1 atom stereocenters. The first-order chi connectivity index (χ1) is 13.8. The lowest BCUT2D eigenvalue weighted by Gasteiger charge is -2.16. The largest absolute Gasteiger partial charge is 0.334 e. The number of anilines is 1. The summed E-state index contributed by atoms with van der Waals surface area (Å²) in [5.74, 6) is -0.322. The van der Waals surface area contributed by atoms with Gasteiger partial charge in [0.25, 0.3) is 0 Å². The number of carbonyl (C=O) groups excluding carboxylic acids is 2. The van der Waals surface area contributed by atoms with E-state index in [-0.39, 0.29) is 30.5 Å². The maximum atomic E-state index is 13.5. The Morgan fingerprint density at radius 3 is 2.66 bits per heavy atom. The number of aryl methyl sites for hydroxylation is 2. The lowest BCUT2D eigenvalue weighted by atomic mass is 9.97. The zero-order chi connectivity index (χ0) is 21.0. The van der Waals surface area contributed by atoms with Crippen LogP contribution in [0.15, 0.2) is 48.7 Å². The van der Waals surface area contributed by atoms with Gasteiger partial charge in [0, 0.05) is 17.9 Å². The summed E-state index contributed by atoms with van der Waals surface area (Å²) < 4.78 is 13.5. The molecule has 4 N–H and O–H groups in total. The zero-order valence-electron chi connectivity index (χ0n) is 16.6. The minimum atomic E-state index is -0.373. The first-order valence-electron chi connectivity index (χ1n) is 9.53. The maximum Gasteiger partial charge on any atom is 0.319 e. The van der Waals surface area contributed by atoms with E-state index in [2.05, 4.69) is 34.8 Å². The second kappa shape index (κ2) is 8.77. The van der Waals surface area contributed by atoms with Crippen LogP contribution in [-0.4, -0.2) is 18.1 Å². The second-order valence-electron chi connectivity index (χ2n) is 7.16. The predicted octanol–water partition coefficient (Wildman–Crippen LogP) is 3.76. The van der Waals surface area contributed by atoms with Crippen molar-refractivity contribution in [1.29, 1.82) is 0 Å². The minimum Gasteiger partial charge on any atom is -0.334 e. The number of nitrogens with one attached hydrogen (secondary N) is 4. The van der Waals surface area contributed by atoms with E-state index in [1.165, 1.54) is 12.1 Å². The molecular weight excluding hydrogens is 371 g/mol. The van der Waals surface area contributed by atoms with Gasteiger partial charge in [-0.05, 0) is 66.3 Å². The topological polar surface area (TPSA) is 82.3 Å². The van der Waals surface area contributed by atoms with Gasteiger partial charge in [-0.25, -0.2) is 14.0 Å². The van der Waals surface area contributed by atoms with E-state index >= 15 is 0 Å². The van der Waals surface area contributed by atoms with Gasteiger partial charge >= 0.3 is 12.1 Å². The summed E-state index contributed by atoms with van der Waals surface area (Å²) in [6.07, 6.45) is 1.42. The number of amides is 4. The Kier molecular flexibility index (Phi) is 6.16. The molecule has 0 radical (unpaired) electrons. The summed E-state index contributed by atoms with van der Waals surface area (Å²) in [6.45, 7) is 7.96. The standard InChI is InChI=1S/C22H25FN4O2/c1-4-16-5-6-19(10-17(16)11-20-14(3)25-22(29)27-20)26-21(28)24-12-15-7-13(2)8-18(23)9-15/h5-10,20H,3-4,11-12H2,1-2H3,(H2,24,26,28)(H2,25,27,29). The van der Waals surface area contributed by atoms with Gasteiger partial charge in [-0.2, -0.15) is 0 Å². The third kappa shape index (κ3) is 5.34. The van der Waals surface area contributed by atoms with E-state index in [0.29, 0.717) is 23.4 Å². The fourth-order valence-electron chi connectivity index (χ4n) is 3.42. The molecule has 0 spiro atoms. The first-order valence-corrected chi connectivity index (χ1v) is 9.53. The van der Waals surface area contributed by atoms with Gasteiger partial charge < -0.3 is 21.3 Å². The number of carbonyl (C=O) groups is 2. The van der Waals surface area contributed by atoms with Crippen LogP contribution in [0.5, 0.6) is 0 Å². The van der Waals surface area contributed by atoms with E-state index in [0.717, 1.165) is 23.1 Å². The van der Waals surface area contributed by atoms with Gasteiger partial charge in [-0.3, -0.25) is 0 Å². The summed E-state index contributed by atoms with van der Waals surface area (Å²) in [5, 5.41) is 11.0. The van der Waals surface area contributed by atoms with Crippen LogP contribution in [0.2, 0.25) is 0 Å². The average Bonchev–Trinajstić information content (AvgIpc) is 2.96. The molecule has 2 aromatic rings. The molecule has 1 unspecified atom stereocenters. The number of halogens is 1. The molecule has 3 rings (SSSR count). The van der Waals surface area contributed by atoms with Crippen molar-refractivity contribution in [3.63, 3.8) is 0 Å². The summed E-state index contributed by atoms with van der Waals surface area (Å²) in [7, 11) is 0. The van der Waals surface area contributed by atoms with Crippen LogP contribution in [0.4, 0.5) is 19.7 Å². The van der Waals surface area contributed by atoms with E-state index < -0.39 is 0 Å². The Morgan fingerprint density at radius 1 is 1.21 bits per heavy atom. The summed E-state index contributed by atoms with van der Waals surface area (Å²) in [6, 6.07) is 9.57. The summed E-state index contributed by atoms with van der Waals surface area (Å²) >= 11 is 0. The Balaban J connectivity index is 1.64. The molecule has 1 aliphatic heterocycles. The predicted molar refractivity (Wildman–Crippen MR) is 111 cm³/mol. The Bertz CT molecular complexity index is 938. The Morgan fingerprint density at radius 2 is 2.00 bits per heavy atom. The molecule has 1 fully saturated rings. The SMILES string of the molecule is C=C1NC(=O)NC1Cc1cc(NC(=O)NCc2cc(C)cc(F)c2)ccc1CC. The van der Waals surface area contributed by atoms with Gasteiger partial charge in [-0.1, -0.05) is 25.6 Å². The molecular formula is C22H25FN4O2. The number of rotatable bonds is 6. The monoisotopic (exact) mass is 396 g/mol. The maximum absolute atomic E-state index is 13.5. The average molecular weight is 396 g/mol. The van der Waals surface area contributed by atoms with Crippen molar-refractivity contribution in [2.45, 2.75) is 39.3 Å². The quantitative estimate of drug-likeness (QED) is 0.600. The van der Waals surface area contributed by atoms with Crippen LogP contribution in [0.3, 0.4) is 0 Å². The molecule has 2 aromatic carbocycles. The molecule has 1 heterocycles. The Hall–Kier alpha value is -3.35. The van der Waals surface area contributed by atoms with E-state index in [9.17, 15) is 14.0 Å². The Labute approximate surface area is 169 Å². The molecule has 0 bridgehead atoms. The van der Waals surface area contributed by atoms with Crippen molar-refractivity contribution in [1.82, 2.24) is 16.0 Å². The van der Waals surface area contributed by atoms with Crippen molar-refractivity contribution < 1.29 is 14.0 Å². The molecule has 0 saturated carbocycles. The van der Waals surface area contributed by atoms with Crippen molar-refractivity contribution in [2.75, 3.05) is 5.32 Å². The minimum absolute atomic E-state index is 0.187. The van der Waals surface area contributed by atoms with Crippen LogP contribution < -0.4 is 21.3 Å². The smallest absolute Gasteiger partial charge is 0.319 e. The van der Waals surface area contributed by atoms with Crippen molar-refractivity contribution in [3.8, 4) is 0 Å². The van der Waals surface area contributed by atoms with Gasteiger partial charge in [0.15, 0.2) is 0 Å². The van der Waals surface area contributed by atoms with Gasteiger partial charge in [0.1, 0.15) is 5.82 Å². The van der Waals surface area contributed by atoms with Crippen LogP contribution in [0, 0.1) is 12.7 Å². The zero-order valence-corrected chi connectivity index (χ0v) is 16.6. The first kappa shape index (κ1) is 20.4. The van der Waals surface area contributed by atoms with Crippen molar-refractivity contribution in [3.05, 3.63) is 76.7 Å². The number of hydrogen-bond donors (Lipinski definition) is 4. The molecule has 1 aliphatic rings. The van der Waals surface area contributed by atoms with Gasteiger partial charge in [-0.15, -0.1) is 0 Å². The molecule has 0 aromatic heterocycles. The number of benzene rings is 2. The van der Waals surface area contributed by atoms with Gasteiger partial charge in [0.2, 0.25) is 0 Å². The number of hydrogen-bond acceptors (Lipinski definition) is 2. The van der Waals surface area contributed by atoms with Gasteiger partial charge in [0.05, 0.1) is 6.04 Å². The van der Waals surface area contributed by atoms with Crippen LogP contribution in [-0.2, 0) is 19.4 Å². The molecule has 7 heteroatoms. The van der Waals surface area contributed by atoms with Crippen LogP contribution >= 0.6 is 0 Å². The van der Waals surface area contributed by atoms with Crippen molar-refractivity contribution in [2.24, 2.45) is 0 Å². The molecule has 1 saturated heterocycles. The molecule has 0 aliphatic carbocycles. The fourth-order valence-corrected chi connectivity index (χ4v) is 3.42. The lowest BCUT2D eigenvalue weighted by Crippen LogP contribution is -2.29. The van der Waals surface area contributed by atoms with Crippen LogP contribution in [0.25, 0.3) is 0 Å². The lowest BCUT2D eigenvalue weighted by molar-refractivity contribution is 0.247. The highest BCUT2D eigenvalue weighted by atomic mass is 19.1. The summed E-state index contributed by atoms with van der Waals surface area (Å²) in [5.41, 5.74) is 4.95. The van der Waals surface area contributed by atoms with E-state index in [1.54, 1.807) is 6.92 Å². The fraction of sp³-hybridized carbons (Fsp3) is 0.273.